The molecule has 0 amide bonds. The maximum atomic E-state index is 13.3. The molecule has 3 aromatic rings. The number of ether oxygens (including phenoxy) is 2. The summed E-state index contributed by atoms with van der Waals surface area (Å²) in [4.78, 5) is 7.91. The Morgan fingerprint density at radius 3 is 2.72 bits per heavy atom. The van der Waals surface area contributed by atoms with Crippen LogP contribution < -0.4 is 13.8 Å². The number of hydrogen-bond donors (Lipinski definition) is 0. The van der Waals surface area contributed by atoms with Gasteiger partial charge in [-0.25, -0.2) is 13.4 Å². The zero-order valence-corrected chi connectivity index (χ0v) is 17.9. The molecule has 2 aromatic carbocycles. The summed E-state index contributed by atoms with van der Waals surface area (Å²) in [5.74, 6) is 0.140. The molecule has 4 rings (SSSR count). The van der Waals surface area contributed by atoms with Crippen LogP contribution >= 0.6 is 11.6 Å². The van der Waals surface area contributed by atoms with E-state index in [1.54, 1.807) is 30.4 Å². The molecular formula is C21H16ClF2N3O4S. The number of sulfonamides is 1. The van der Waals surface area contributed by atoms with Crippen molar-refractivity contribution >= 4 is 39.5 Å². The molecule has 166 valence electrons. The summed E-state index contributed by atoms with van der Waals surface area (Å²) in [7, 11) is -4.06. The fourth-order valence-corrected chi connectivity index (χ4v) is 4.78. The molecule has 0 unspecified atom stereocenters. The first-order chi connectivity index (χ1) is 15.3. The van der Waals surface area contributed by atoms with Gasteiger partial charge in [0.2, 0.25) is 0 Å². The van der Waals surface area contributed by atoms with Crippen LogP contribution in [-0.2, 0) is 10.0 Å². The lowest BCUT2D eigenvalue weighted by atomic mass is 10.1. The molecule has 0 aliphatic carbocycles. The highest BCUT2D eigenvalue weighted by Crippen LogP contribution is 2.37. The van der Waals surface area contributed by atoms with Crippen molar-refractivity contribution in [3.05, 3.63) is 71.3 Å². The molecule has 1 aliphatic rings. The zero-order chi connectivity index (χ0) is 22.7. The van der Waals surface area contributed by atoms with Crippen LogP contribution in [0.25, 0.3) is 12.2 Å². The van der Waals surface area contributed by atoms with Gasteiger partial charge in [0.05, 0.1) is 17.1 Å². The molecule has 0 saturated heterocycles. The Morgan fingerprint density at radius 2 is 1.94 bits per heavy atom. The molecule has 0 spiro atoms. The molecule has 7 nitrogen and oxygen atoms in total. The van der Waals surface area contributed by atoms with Gasteiger partial charge in [0, 0.05) is 18.5 Å². The Labute approximate surface area is 187 Å². The number of benzene rings is 2. The van der Waals surface area contributed by atoms with Crippen molar-refractivity contribution in [1.82, 2.24) is 9.97 Å². The minimum Gasteiger partial charge on any atom is -0.489 e. The third kappa shape index (κ3) is 4.66. The van der Waals surface area contributed by atoms with Crippen LogP contribution in [0.15, 0.2) is 59.8 Å². The van der Waals surface area contributed by atoms with Crippen molar-refractivity contribution in [3.63, 3.8) is 0 Å². The Bertz CT molecular complexity index is 1270. The highest BCUT2D eigenvalue weighted by atomic mass is 35.5. The molecule has 0 bridgehead atoms. The first-order valence-corrected chi connectivity index (χ1v) is 11.2. The quantitative estimate of drug-likeness (QED) is 0.518. The van der Waals surface area contributed by atoms with Gasteiger partial charge >= 0.3 is 6.61 Å². The predicted molar refractivity (Wildman–Crippen MR) is 116 cm³/mol. The van der Waals surface area contributed by atoms with Gasteiger partial charge in [-0.1, -0.05) is 29.8 Å². The van der Waals surface area contributed by atoms with Crippen molar-refractivity contribution in [3.8, 4) is 11.5 Å². The van der Waals surface area contributed by atoms with E-state index in [-0.39, 0.29) is 28.9 Å². The van der Waals surface area contributed by atoms with E-state index in [1.165, 1.54) is 34.9 Å². The van der Waals surface area contributed by atoms with E-state index in [1.807, 2.05) is 0 Å². The van der Waals surface area contributed by atoms with E-state index >= 15 is 0 Å². The molecule has 2 heterocycles. The van der Waals surface area contributed by atoms with Crippen LogP contribution in [0, 0.1) is 0 Å². The number of hydrogen-bond acceptors (Lipinski definition) is 6. The van der Waals surface area contributed by atoms with Gasteiger partial charge in [0.15, 0.2) is 5.15 Å². The van der Waals surface area contributed by atoms with Gasteiger partial charge in [-0.05, 0) is 35.9 Å². The summed E-state index contributed by atoms with van der Waals surface area (Å²) in [6.45, 7) is -2.86. The van der Waals surface area contributed by atoms with E-state index in [4.69, 9.17) is 16.3 Å². The van der Waals surface area contributed by atoms with E-state index in [2.05, 4.69) is 14.7 Å². The topological polar surface area (TPSA) is 81.6 Å². The van der Waals surface area contributed by atoms with Crippen molar-refractivity contribution < 1.29 is 26.7 Å². The van der Waals surface area contributed by atoms with E-state index < -0.39 is 16.6 Å². The first kappa shape index (κ1) is 22.0. The number of halogens is 3. The Balaban J connectivity index is 1.68. The summed E-state index contributed by atoms with van der Waals surface area (Å²) in [5, 5.41) is 0.236. The SMILES string of the molecule is O=S(=O)(c1cccc(OC(F)F)c1)N1CCOc2ccc(/C=C/c3nccnc3Cl)cc21. The van der Waals surface area contributed by atoms with Gasteiger partial charge < -0.3 is 9.47 Å². The Hall–Kier alpha value is -3.24. The fraction of sp³-hybridized carbons (Fsp3) is 0.143. The molecule has 0 atom stereocenters. The third-order valence-corrected chi connectivity index (χ3v) is 6.64. The first-order valence-electron chi connectivity index (χ1n) is 9.33. The molecule has 1 aromatic heterocycles. The molecular weight excluding hydrogens is 464 g/mol. The molecule has 0 radical (unpaired) electrons. The molecule has 0 N–H and O–H groups in total. The van der Waals surface area contributed by atoms with Crippen LogP contribution in [0.2, 0.25) is 5.15 Å². The van der Waals surface area contributed by atoms with Crippen molar-refractivity contribution in [2.75, 3.05) is 17.5 Å². The molecule has 0 fully saturated rings. The Kier molecular flexibility index (Phi) is 6.24. The number of fused-ring (bicyclic) bond motifs is 1. The second-order valence-electron chi connectivity index (χ2n) is 6.57. The van der Waals surface area contributed by atoms with Crippen LogP contribution in [0.1, 0.15) is 11.3 Å². The second kappa shape index (κ2) is 9.09. The summed E-state index contributed by atoms with van der Waals surface area (Å²) in [6, 6.07) is 10.1. The van der Waals surface area contributed by atoms with Crippen molar-refractivity contribution in [2.45, 2.75) is 11.5 Å². The predicted octanol–water partition coefficient (Wildman–Crippen LogP) is 4.49. The zero-order valence-electron chi connectivity index (χ0n) is 16.4. The van der Waals surface area contributed by atoms with Gasteiger partial charge in [0.25, 0.3) is 10.0 Å². The number of alkyl halides is 2. The molecule has 11 heteroatoms. The summed E-state index contributed by atoms with van der Waals surface area (Å²) >= 11 is 6.01. The van der Waals surface area contributed by atoms with Gasteiger partial charge in [-0.2, -0.15) is 8.78 Å². The minimum absolute atomic E-state index is 0.0540. The lowest BCUT2D eigenvalue weighted by Gasteiger charge is -2.30. The van der Waals surface area contributed by atoms with Gasteiger partial charge in [-0.15, -0.1) is 0 Å². The lowest BCUT2D eigenvalue weighted by molar-refractivity contribution is -0.0499. The number of nitrogens with zero attached hydrogens (tertiary/aromatic N) is 3. The van der Waals surface area contributed by atoms with Crippen LogP contribution in [0.3, 0.4) is 0 Å². The maximum Gasteiger partial charge on any atom is 0.387 e. The summed E-state index contributed by atoms with van der Waals surface area (Å²) in [6.07, 6.45) is 6.35. The molecule has 1 aliphatic heterocycles. The second-order valence-corrected chi connectivity index (χ2v) is 8.79. The lowest BCUT2D eigenvalue weighted by Crippen LogP contribution is -2.38. The average Bonchev–Trinajstić information content (AvgIpc) is 2.77. The Morgan fingerprint density at radius 1 is 1.12 bits per heavy atom. The largest absolute Gasteiger partial charge is 0.489 e. The third-order valence-electron chi connectivity index (χ3n) is 4.54. The van der Waals surface area contributed by atoms with Crippen LogP contribution in [0.4, 0.5) is 14.5 Å². The molecule has 0 saturated carbocycles. The smallest absolute Gasteiger partial charge is 0.387 e. The highest BCUT2D eigenvalue weighted by molar-refractivity contribution is 7.92. The van der Waals surface area contributed by atoms with Gasteiger partial charge in [-0.3, -0.25) is 9.29 Å². The number of anilines is 1. The molecule has 32 heavy (non-hydrogen) atoms. The summed E-state index contributed by atoms with van der Waals surface area (Å²) < 4.78 is 62.8. The number of aromatic nitrogens is 2. The van der Waals surface area contributed by atoms with Gasteiger partial charge in [0.1, 0.15) is 23.8 Å². The van der Waals surface area contributed by atoms with Crippen LogP contribution in [0.5, 0.6) is 11.5 Å². The summed E-state index contributed by atoms with van der Waals surface area (Å²) in [5.41, 5.74) is 1.46. The van der Waals surface area contributed by atoms with Crippen molar-refractivity contribution in [1.29, 1.82) is 0 Å². The fourth-order valence-electron chi connectivity index (χ4n) is 3.12. The maximum absolute atomic E-state index is 13.3. The van der Waals surface area contributed by atoms with Crippen molar-refractivity contribution in [2.24, 2.45) is 0 Å². The van der Waals surface area contributed by atoms with Crippen LogP contribution in [-0.4, -0.2) is 38.1 Å². The normalized spacial score (nSPS) is 13.8. The van der Waals surface area contributed by atoms with E-state index in [0.717, 1.165) is 6.07 Å². The standard InChI is InChI=1S/C21H16ClF2N3O4S/c22-20-17(25-8-9-26-20)6-4-14-5-7-19-18(12-14)27(10-11-30-19)32(28,29)16-3-1-2-15(13-16)31-21(23)24/h1-9,12-13,21H,10-11H2/b6-4+. The van der Waals surface area contributed by atoms with E-state index in [0.29, 0.717) is 22.7 Å². The monoisotopic (exact) mass is 479 g/mol. The van der Waals surface area contributed by atoms with E-state index in [9.17, 15) is 17.2 Å². The average molecular weight is 480 g/mol. The minimum atomic E-state index is -4.06. The highest BCUT2D eigenvalue weighted by Gasteiger charge is 2.30. The number of rotatable bonds is 6.